The Balaban J connectivity index is 1.23. The highest BCUT2D eigenvalue weighted by Crippen LogP contribution is 2.21. The normalized spacial score (nSPS) is 18.5. The summed E-state index contributed by atoms with van der Waals surface area (Å²) in [5.41, 5.74) is 1.42. The van der Waals surface area contributed by atoms with Gasteiger partial charge in [0, 0.05) is 57.9 Å². The first-order valence-electron chi connectivity index (χ1n) is 11.9. The first-order valence-corrected chi connectivity index (χ1v) is 14.7. The molecule has 1 amide bonds. The number of hydrogen-bond donors (Lipinski definition) is 1. The fourth-order valence-electron chi connectivity index (χ4n) is 4.34. The molecule has 35 heavy (non-hydrogen) atoms. The van der Waals surface area contributed by atoms with Crippen molar-refractivity contribution in [3.63, 3.8) is 0 Å². The largest absolute Gasteiger partial charge is 0.351 e. The molecule has 2 aliphatic rings. The number of nitrogens with zero attached hydrogens (tertiary/aromatic N) is 3. The van der Waals surface area contributed by atoms with Crippen LogP contribution in [0, 0.1) is 6.92 Å². The van der Waals surface area contributed by atoms with Gasteiger partial charge in [-0.05, 0) is 56.2 Å². The minimum atomic E-state index is -3.50. The zero-order valence-electron chi connectivity index (χ0n) is 19.9. The molecular weight excluding hydrogens is 488 g/mol. The van der Waals surface area contributed by atoms with Gasteiger partial charge in [0.2, 0.25) is 20.0 Å². The Morgan fingerprint density at radius 1 is 0.743 bits per heavy atom. The van der Waals surface area contributed by atoms with Crippen molar-refractivity contribution in [1.29, 1.82) is 0 Å². The number of hydrogen-bond acceptors (Lipinski definition) is 6. The van der Waals surface area contributed by atoms with Gasteiger partial charge in [-0.3, -0.25) is 9.69 Å². The third-order valence-corrected chi connectivity index (χ3v) is 10.3. The van der Waals surface area contributed by atoms with Crippen LogP contribution in [0.1, 0.15) is 28.8 Å². The standard InChI is InChI=1S/C24H32N4O5S2/c1-20-4-8-22(9-5-20)35(32,33)28-18-16-26(17-19-28)15-12-25-24(29)21-6-10-23(11-7-21)34(30,31)27-13-2-3-14-27/h4-11H,2-3,12-19H2,1H3,(H,25,29). The molecular formula is C24H32N4O5S2. The highest BCUT2D eigenvalue weighted by atomic mass is 32.2. The molecule has 2 saturated heterocycles. The predicted molar refractivity (Wildman–Crippen MR) is 133 cm³/mol. The Labute approximate surface area is 207 Å². The third kappa shape index (κ3) is 5.92. The number of rotatable bonds is 8. The quantitative estimate of drug-likeness (QED) is 0.566. The molecule has 1 N–H and O–H groups in total. The third-order valence-electron chi connectivity index (χ3n) is 6.52. The molecule has 2 heterocycles. The Morgan fingerprint density at radius 2 is 1.23 bits per heavy atom. The number of benzene rings is 2. The minimum Gasteiger partial charge on any atom is -0.351 e. The van der Waals surface area contributed by atoms with Gasteiger partial charge in [-0.1, -0.05) is 17.7 Å². The number of piperazine rings is 1. The molecule has 11 heteroatoms. The van der Waals surface area contributed by atoms with Crippen molar-refractivity contribution < 1.29 is 21.6 Å². The van der Waals surface area contributed by atoms with Crippen LogP contribution in [0.15, 0.2) is 58.3 Å². The van der Waals surface area contributed by atoms with E-state index in [9.17, 15) is 21.6 Å². The summed E-state index contributed by atoms with van der Waals surface area (Å²) in [5.74, 6) is -0.268. The number of aryl methyl sites for hydroxylation is 1. The summed E-state index contributed by atoms with van der Waals surface area (Å²) in [6.45, 7) is 5.99. The maximum absolute atomic E-state index is 12.8. The number of sulfonamides is 2. The summed E-state index contributed by atoms with van der Waals surface area (Å²) >= 11 is 0. The maximum atomic E-state index is 12.8. The monoisotopic (exact) mass is 520 g/mol. The molecule has 0 saturated carbocycles. The summed E-state index contributed by atoms with van der Waals surface area (Å²) in [4.78, 5) is 15.1. The molecule has 0 radical (unpaired) electrons. The van der Waals surface area contributed by atoms with E-state index in [-0.39, 0.29) is 10.8 Å². The highest BCUT2D eigenvalue weighted by Gasteiger charge is 2.29. The van der Waals surface area contributed by atoms with Crippen LogP contribution < -0.4 is 5.32 Å². The van der Waals surface area contributed by atoms with Gasteiger partial charge in [0.25, 0.3) is 5.91 Å². The molecule has 0 bridgehead atoms. The average Bonchev–Trinajstić information content (AvgIpc) is 3.41. The lowest BCUT2D eigenvalue weighted by molar-refractivity contribution is 0.0945. The smallest absolute Gasteiger partial charge is 0.251 e. The zero-order valence-corrected chi connectivity index (χ0v) is 21.5. The minimum absolute atomic E-state index is 0.203. The van der Waals surface area contributed by atoms with Crippen molar-refractivity contribution in [3.8, 4) is 0 Å². The second-order valence-electron chi connectivity index (χ2n) is 8.95. The Kier molecular flexibility index (Phi) is 7.92. The molecule has 9 nitrogen and oxygen atoms in total. The molecule has 0 aromatic heterocycles. The molecule has 2 aromatic rings. The molecule has 0 unspecified atom stereocenters. The van der Waals surface area contributed by atoms with E-state index >= 15 is 0 Å². The molecule has 2 aromatic carbocycles. The Morgan fingerprint density at radius 3 is 1.77 bits per heavy atom. The lowest BCUT2D eigenvalue weighted by atomic mass is 10.2. The number of carbonyl (C=O) groups is 1. The average molecular weight is 521 g/mol. The van der Waals surface area contributed by atoms with E-state index in [0.717, 1.165) is 18.4 Å². The first kappa shape index (κ1) is 25.8. The second-order valence-corrected chi connectivity index (χ2v) is 12.8. The summed E-state index contributed by atoms with van der Waals surface area (Å²) in [6, 6.07) is 12.9. The first-order chi connectivity index (χ1) is 16.7. The fraction of sp³-hybridized carbons (Fsp3) is 0.458. The molecule has 2 fully saturated rings. The van der Waals surface area contributed by atoms with Crippen LogP contribution in [-0.4, -0.2) is 88.6 Å². The second kappa shape index (κ2) is 10.8. The van der Waals surface area contributed by atoms with Gasteiger partial charge in [0.05, 0.1) is 9.79 Å². The molecule has 0 atom stereocenters. The van der Waals surface area contributed by atoms with Crippen LogP contribution in [0.25, 0.3) is 0 Å². The van der Waals surface area contributed by atoms with Crippen LogP contribution in [0.3, 0.4) is 0 Å². The topological polar surface area (TPSA) is 107 Å². The van der Waals surface area contributed by atoms with Gasteiger partial charge in [-0.15, -0.1) is 0 Å². The lowest BCUT2D eigenvalue weighted by Crippen LogP contribution is -2.50. The number of amides is 1. The Hall–Kier alpha value is -2.31. The van der Waals surface area contributed by atoms with Gasteiger partial charge in [0.1, 0.15) is 0 Å². The van der Waals surface area contributed by atoms with E-state index in [0.29, 0.717) is 62.8 Å². The van der Waals surface area contributed by atoms with Crippen molar-refractivity contribution >= 4 is 26.0 Å². The summed E-state index contributed by atoms with van der Waals surface area (Å²) in [5, 5.41) is 2.86. The summed E-state index contributed by atoms with van der Waals surface area (Å²) in [7, 11) is -7.00. The van der Waals surface area contributed by atoms with E-state index in [4.69, 9.17) is 0 Å². The van der Waals surface area contributed by atoms with Gasteiger partial charge < -0.3 is 5.32 Å². The van der Waals surface area contributed by atoms with Crippen molar-refractivity contribution in [2.24, 2.45) is 0 Å². The molecule has 0 aliphatic carbocycles. The van der Waals surface area contributed by atoms with Crippen LogP contribution in [0.2, 0.25) is 0 Å². The number of carbonyl (C=O) groups excluding carboxylic acids is 1. The summed E-state index contributed by atoms with van der Waals surface area (Å²) < 4.78 is 53.9. The van der Waals surface area contributed by atoms with E-state index in [1.807, 2.05) is 6.92 Å². The van der Waals surface area contributed by atoms with Crippen molar-refractivity contribution in [3.05, 3.63) is 59.7 Å². The van der Waals surface area contributed by atoms with Gasteiger partial charge in [-0.2, -0.15) is 8.61 Å². The van der Waals surface area contributed by atoms with E-state index in [1.165, 1.54) is 32.9 Å². The summed E-state index contributed by atoms with van der Waals surface area (Å²) in [6.07, 6.45) is 1.74. The lowest BCUT2D eigenvalue weighted by Gasteiger charge is -2.34. The van der Waals surface area contributed by atoms with E-state index in [2.05, 4.69) is 10.2 Å². The predicted octanol–water partition coefficient (Wildman–Crippen LogP) is 1.52. The fourth-order valence-corrected chi connectivity index (χ4v) is 7.28. The van der Waals surface area contributed by atoms with Gasteiger partial charge in [0.15, 0.2) is 0 Å². The van der Waals surface area contributed by atoms with Crippen LogP contribution in [0.4, 0.5) is 0 Å². The zero-order chi connectivity index (χ0) is 25.1. The van der Waals surface area contributed by atoms with Crippen molar-refractivity contribution in [1.82, 2.24) is 18.8 Å². The molecule has 2 aliphatic heterocycles. The number of nitrogens with one attached hydrogen (secondary N) is 1. The molecule has 190 valence electrons. The SMILES string of the molecule is Cc1ccc(S(=O)(=O)N2CCN(CCNC(=O)c3ccc(S(=O)(=O)N4CCCC4)cc3)CC2)cc1. The van der Waals surface area contributed by atoms with Crippen LogP contribution in [-0.2, 0) is 20.0 Å². The van der Waals surface area contributed by atoms with Gasteiger partial charge in [-0.25, -0.2) is 16.8 Å². The van der Waals surface area contributed by atoms with Crippen LogP contribution in [0.5, 0.6) is 0 Å². The van der Waals surface area contributed by atoms with Crippen molar-refractivity contribution in [2.75, 3.05) is 52.4 Å². The van der Waals surface area contributed by atoms with Gasteiger partial charge >= 0.3 is 0 Å². The molecule has 0 spiro atoms. The highest BCUT2D eigenvalue weighted by molar-refractivity contribution is 7.89. The molecule has 4 rings (SSSR count). The van der Waals surface area contributed by atoms with Crippen LogP contribution >= 0.6 is 0 Å². The van der Waals surface area contributed by atoms with Crippen molar-refractivity contribution in [2.45, 2.75) is 29.6 Å². The van der Waals surface area contributed by atoms with E-state index in [1.54, 1.807) is 24.3 Å². The maximum Gasteiger partial charge on any atom is 0.251 e. The van der Waals surface area contributed by atoms with E-state index < -0.39 is 20.0 Å². The Bertz CT molecular complexity index is 1230.